The van der Waals surface area contributed by atoms with Crippen molar-refractivity contribution in [2.45, 2.75) is 43.8 Å². The van der Waals surface area contributed by atoms with Gasteiger partial charge in [0.2, 0.25) is 11.8 Å². The van der Waals surface area contributed by atoms with E-state index in [1.165, 1.54) is 36.4 Å². The summed E-state index contributed by atoms with van der Waals surface area (Å²) in [5.74, 6) is -4.05. The van der Waals surface area contributed by atoms with E-state index < -0.39 is 48.3 Å². The molecule has 0 bridgehead atoms. The zero-order valence-corrected chi connectivity index (χ0v) is 18.2. The number of carbonyl (C=O) groups is 4. The van der Waals surface area contributed by atoms with Gasteiger partial charge in [0.05, 0.1) is 6.04 Å². The summed E-state index contributed by atoms with van der Waals surface area (Å²) in [5.41, 5.74) is 7.23. The molecule has 11 heteroatoms. The van der Waals surface area contributed by atoms with Crippen LogP contribution in [0, 0.1) is 0 Å². The molecule has 11 nitrogen and oxygen atoms in total. The Morgan fingerprint density at radius 1 is 0.735 bits per heavy atom. The quantitative estimate of drug-likeness (QED) is 0.224. The predicted molar refractivity (Wildman–Crippen MR) is 120 cm³/mol. The van der Waals surface area contributed by atoms with Crippen molar-refractivity contribution in [2.75, 3.05) is 0 Å². The first kappa shape index (κ1) is 26.1. The van der Waals surface area contributed by atoms with Crippen LogP contribution in [0.15, 0.2) is 48.5 Å². The van der Waals surface area contributed by atoms with Crippen molar-refractivity contribution in [3.8, 4) is 11.5 Å². The minimum atomic E-state index is -1.46. The third kappa shape index (κ3) is 8.43. The highest BCUT2D eigenvalue weighted by molar-refractivity contribution is 5.92. The van der Waals surface area contributed by atoms with Crippen LogP contribution < -0.4 is 16.4 Å². The highest BCUT2D eigenvalue weighted by atomic mass is 16.4. The SMILES string of the molecule is NC(Cc1ccc(O)cc1)C(=O)NC(Cc1ccc(O)cc1)C(=O)NC(CCC(=O)O)C(=O)O. The number of hydrogen-bond acceptors (Lipinski definition) is 7. The molecule has 0 aliphatic rings. The maximum Gasteiger partial charge on any atom is 0.326 e. The Labute approximate surface area is 195 Å². The fourth-order valence-corrected chi connectivity index (χ4v) is 3.13. The van der Waals surface area contributed by atoms with E-state index >= 15 is 0 Å². The molecule has 0 fully saturated rings. The van der Waals surface area contributed by atoms with Crippen LogP contribution in [-0.2, 0) is 32.0 Å². The number of carboxylic acid groups (broad SMARTS) is 2. The Bertz CT molecular complexity index is 1010. The first-order valence-electron chi connectivity index (χ1n) is 10.4. The van der Waals surface area contributed by atoms with Gasteiger partial charge in [-0.05, 0) is 48.2 Å². The second-order valence-electron chi connectivity index (χ2n) is 7.74. The van der Waals surface area contributed by atoms with Crippen molar-refractivity contribution in [3.63, 3.8) is 0 Å². The first-order valence-corrected chi connectivity index (χ1v) is 10.4. The summed E-state index contributed by atoms with van der Waals surface area (Å²) in [5, 5.41) is 41.8. The lowest BCUT2D eigenvalue weighted by molar-refractivity contribution is -0.143. The van der Waals surface area contributed by atoms with Gasteiger partial charge in [-0.3, -0.25) is 14.4 Å². The number of amides is 2. The Balaban J connectivity index is 2.14. The van der Waals surface area contributed by atoms with Crippen molar-refractivity contribution in [1.29, 1.82) is 0 Å². The zero-order valence-electron chi connectivity index (χ0n) is 18.2. The highest BCUT2D eigenvalue weighted by Gasteiger charge is 2.28. The van der Waals surface area contributed by atoms with Crippen LogP contribution in [0.4, 0.5) is 0 Å². The Morgan fingerprint density at radius 3 is 1.68 bits per heavy atom. The van der Waals surface area contributed by atoms with Gasteiger partial charge in [-0.25, -0.2) is 4.79 Å². The fraction of sp³-hybridized carbons (Fsp3) is 0.304. The summed E-state index contributed by atoms with van der Waals surface area (Å²) >= 11 is 0. The van der Waals surface area contributed by atoms with Crippen molar-refractivity contribution in [2.24, 2.45) is 5.73 Å². The predicted octanol–water partition coefficient (Wildman–Crippen LogP) is 0.129. The molecule has 3 atom stereocenters. The summed E-state index contributed by atoms with van der Waals surface area (Å²) in [6, 6.07) is 8.25. The zero-order chi connectivity index (χ0) is 25.3. The minimum Gasteiger partial charge on any atom is -0.508 e. The highest BCUT2D eigenvalue weighted by Crippen LogP contribution is 2.13. The van der Waals surface area contributed by atoms with E-state index in [9.17, 15) is 34.5 Å². The lowest BCUT2D eigenvalue weighted by Crippen LogP contribution is -2.55. The largest absolute Gasteiger partial charge is 0.508 e. The number of phenolic OH excluding ortho intramolecular Hbond substituents is 2. The Hall–Kier alpha value is -4.12. The molecule has 2 rings (SSSR count). The maximum absolute atomic E-state index is 12.9. The molecule has 2 amide bonds. The summed E-state index contributed by atoms with van der Waals surface area (Å²) < 4.78 is 0. The third-order valence-corrected chi connectivity index (χ3v) is 5.00. The molecule has 0 saturated carbocycles. The second-order valence-corrected chi connectivity index (χ2v) is 7.74. The number of nitrogens with one attached hydrogen (secondary N) is 2. The molecule has 34 heavy (non-hydrogen) atoms. The molecule has 2 aromatic rings. The summed E-state index contributed by atoms with van der Waals surface area (Å²) in [6.45, 7) is 0. The van der Waals surface area contributed by atoms with Gasteiger partial charge in [-0.2, -0.15) is 0 Å². The molecule has 0 spiro atoms. The molecule has 3 unspecified atom stereocenters. The smallest absolute Gasteiger partial charge is 0.326 e. The van der Waals surface area contributed by atoms with Gasteiger partial charge in [0.1, 0.15) is 23.6 Å². The molecule has 0 aliphatic carbocycles. The van der Waals surface area contributed by atoms with Crippen LogP contribution in [0.25, 0.3) is 0 Å². The molecule has 8 N–H and O–H groups in total. The summed E-state index contributed by atoms with van der Waals surface area (Å²) in [7, 11) is 0. The van der Waals surface area contributed by atoms with Crippen molar-refractivity contribution in [3.05, 3.63) is 59.7 Å². The molecule has 0 heterocycles. The molecule has 0 radical (unpaired) electrons. The monoisotopic (exact) mass is 473 g/mol. The molecule has 0 aromatic heterocycles. The number of carboxylic acids is 2. The van der Waals surface area contributed by atoms with Gasteiger partial charge in [0.15, 0.2) is 0 Å². The normalized spacial score (nSPS) is 13.3. The minimum absolute atomic E-state index is 0.00400. The summed E-state index contributed by atoms with van der Waals surface area (Å²) in [6.07, 6.45) is -0.717. The van der Waals surface area contributed by atoms with Crippen LogP contribution in [-0.4, -0.2) is 62.3 Å². The van der Waals surface area contributed by atoms with Crippen molar-refractivity contribution in [1.82, 2.24) is 10.6 Å². The maximum atomic E-state index is 12.9. The number of nitrogens with two attached hydrogens (primary N) is 1. The lowest BCUT2D eigenvalue weighted by Gasteiger charge is -2.23. The third-order valence-electron chi connectivity index (χ3n) is 5.00. The summed E-state index contributed by atoms with van der Waals surface area (Å²) in [4.78, 5) is 47.8. The van der Waals surface area contributed by atoms with Gasteiger partial charge in [0.25, 0.3) is 0 Å². The van der Waals surface area contributed by atoms with E-state index in [2.05, 4.69) is 10.6 Å². The molecule has 0 saturated heterocycles. The Kier molecular flexibility index (Phi) is 9.38. The van der Waals surface area contributed by atoms with Crippen LogP contribution in [0.1, 0.15) is 24.0 Å². The molecule has 0 aliphatic heterocycles. The standard InChI is InChI=1S/C23H27N3O8/c24-17(11-13-1-5-15(27)6-2-13)21(31)26-19(12-14-3-7-16(28)8-4-14)22(32)25-18(23(33)34)9-10-20(29)30/h1-8,17-19,27-28H,9-12,24H2,(H,25,32)(H,26,31)(H,29,30)(H,33,34). The number of rotatable bonds is 12. The van der Waals surface area contributed by atoms with Gasteiger partial charge >= 0.3 is 11.9 Å². The van der Waals surface area contributed by atoms with E-state index in [1.54, 1.807) is 12.1 Å². The lowest BCUT2D eigenvalue weighted by atomic mass is 10.0. The van der Waals surface area contributed by atoms with Gasteiger partial charge < -0.3 is 36.8 Å². The molecular formula is C23H27N3O8. The van der Waals surface area contributed by atoms with E-state index in [-0.39, 0.29) is 30.8 Å². The number of carbonyl (C=O) groups excluding carboxylic acids is 2. The van der Waals surface area contributed by atoms with Gasteiger partial charge in [-0.1, -0.05) is 24.3 Å². The number of aromatic hydroxyl groups is 2. The van der Waals surface area contributed by atoms with Crippen LogP contribution in [0.2, 0.25) is 0 Å². The van der Waals surface area contributed by atoms with E-state index in [0.29, 0.717) is 11.1 Å². The molecule has 182 valence electrons. The van der Waals surface area contributed by atoms with Gasteiger partial charge in [0, 0.05) is 12.8 Å². The average molecular weight is 473 g/mol. The molecular weight excluding hydrogens is 446 g/mol. The van der Waals surface area contributed by atoms with Crippen molar-refractivity contribution < 1.29 is 39.6 Å². The molecule has 2 aromatic carbocycles. The number of aliphatic carboxylic acids is 2. The van der Waals surface area contributed by atoms with Crippen molar-refractivity contribution >= 4 is 23.8 Å². The average Bonchev–Trinajstić information content (AvgIpc) is 2.78. The van der Waals surface area contributed by atoms with Crippen LogP contribution in [0.3, 0.4) is 0 Å². The van der Waals surface area contributed by atoms with Crippen LogP contribution in [0.5, 0.6) is 11.5 Å². The van der Waals surface area contributed by atoms with E-state index in [1.807, 2.05) is 0 Å². The van der Waals surface area contributed by atoms with Gasteiger partial charge in [-0.15, -0.1) is 0 Å². The Morgan fingerprint density at radius 2 is 1.21 bits per heavy atom. The number of benzene rings is 2. The first-order chi connectivity index (χ1) is 16.0. The van der Waals surface area contributed by atoms with E-state index in [0.717, 1.165) is 0 Å². The fourth-order valence-electron chi connectivity index (χ4n) is 3.13. The van der Waals surface area contributed by atoms with Crippen LogP contribution >= 0.6 is 0 Å². The number of phenols is 2. The second kappa shape index (κ2) is 12.2. The topological polar surface area (TPSA) is 199 Å². The van der Waals surface area contributed by atoms with E-state index in [4.69, 9.17) is 10.8 Å². The number of hydrogen-bond donors (Lipinski definition) is 7.